The van der Waals surface area contributed by atoms with E-state index in [1.54, 1.807) is 19.1 Å². The summed E-state index contributed by atoms with van der Waals surface area (Å²) in [6.07, 6.45) is 0. The van der Waals surface area contributed by atoms with E-state index in [0.29, 0.717) is 17.3 Å². The number of hydrogen-bond acceptors (Lipinski definition) is 5. The normalized spacial score (nSPS) is 12.3. The van der Waals surface area contributed by atoms with Crippen molar-refractivity contribution in [1.29, 1.82) is 0 Å². The van der Waals surface area contributed by atoms with Gasteiger partial charge < -0.3 is 10.2 Å². The van der Waals surface area contributed by atoms with Gasteiger partial charge in [0, 0.05) is 24.3 Å². The molecule has 2 heterocycles. The van der Waals surface area contributed by atoms with E-state index in [4.69, 9.17) is 11.6 Å². The summed E-state index contributed by atoms with van der Waals surface area (Å²) in [6, 6.07) is 8.87. The Morgan fingerprint density at radius 2 is 2.03 bits per heavy atom. The van der Waals surface area contributed by atoms with E-state index in [2.05, 4.69) is 15.3 Å². The highest BCUT2D eigenvalue weighted by atomic mass is 35.5. The SMILES string of the molecule is Cc1cc(C(=O)NCC(c2cccc(Cl)c2)N(C)C)c2c(=O)[nH]c(=O)n(C)c2n1. The third-order valence-electron chi connectivity index (χ3n) is 4.76. The fourth-order valence-corrected chi connectivity index (χ4v) is 3.44. The minimum Gasteiger partial charge on any atom is -0.350 e. The molecule has 0 aliphatic rings. The second-order valence-corrected chi connectivity index (χ2v) is 7.51. The van der Waals surface area contributed by atoms with Crippen LogP contribution >= 0.6 is 11.6 Å². The minimum atomic E-state index is -0.639. The highest BCUT2D eigenvalue weighted by molar-refractivity contribution is 6.30. The van der Waals surface area contributed by atoms with Crippen molar-refractivity contribution in [2.45, 2.75) is 13.0 Å². The van der Waals surface area contributed by atoms with Crippen LogP contribution in [0.1, 0.15) is 27.7 Å². The Kier molecular flexibility index (Phi) is 5.86. The largest absolute Gasteiger partial charge is 0.350 e. The van der Waals surface area contributed by atoms with Crippen LogP contribution in [-0.4, -0.2) is 46.0 Å². The van der Waals surface area contributed by atoms with E-state index < -0.39 is 17.2 Å². The van der Waals surface area contributed by atoms with Crippen molar-refractivity contribution in [2.75, 3.05) is 20.6 Å². The number of carbonyl (C=O) groups excluding carboxylic acids is 1. The first-order valence-corrected chi connectivity index (χ1v) is 9.37. The van der Waals surface area contributed by atoms with Crippen LogP contribution in [0.3, 0.4) is 0 Å². The molecule has 3 rings (SSSR count). The second kappa shape index (κ2) is 8.18. The molecule has 0 saturated carbocycles. The van der Waals surface area contributed by atoms with E-state index in [1.807, 2.05) is 37.2 Å². The lowest BCUT2D eigenvalue weighted by molar-refractivity contribution is 0.0943. The van der Waals surface area contributed by atoms with Gasteiger partial charge in [0.05, 0.1) is 17.0 Å². The Morgan fingerprint density at radius 1 is 1.31 bits per heavy atom. The first kappa shape index (κ1) is 20.8. The average molecular weight is 416 g/mol. The van der Waals surface area contributed by atoms with Crippen molar-refractivity contribution in [2.24, 2.45) is 7.05 Å². The predicted octanol–water partition coefficient (Wildman–Crippen LogP) is 1.62. The minimum absolute atomic E-state index is 0.0827. The third-order valence-corrected chi connectivity index (χ3v) is 4.99. The van der Waals surface area contributed by atoms with Gasteiger partial charge in [-0.25, -0.2) is 9.78 Å². The Bertz CT molecular complexity index is 1200. The Hall–Kier alpha value is -2.97. The summed E-state index contributed by atoms with van der Waals surface area (Å²) >= 11 is 6.10. The predicted molar refractivity (Wildman–Crippen MR) is 113 cm³/mol. The number of pyridine rings is 1. The maximum absolute atomic E-state index is 13.0. The Morgan fingerprint density at radius 3 is 2.69 bits per heavy atom. The molecule has 1 aromatic carbocycles. The average Bonchev–Trinajstić information content (AvgIpc) is 2.65. The molecule has 1 atom stereocenters. The summed E-state index contributed by atoms with van der Waals surface area (Å²) < 4.78 is 1.22. The number of aromatic amines is 1. The number of likely N-dealkylation sites (N-methyl/N-ethyl adjacent to an activating group) is 1. The van der Waals surface area contributed by atoms with Gasteiger partial charge in [0.1, 0.15) is 5.65 Å². The molecule has 0 aliphatic carbocycles. The summed E-state index contributed by atoms with van der Waals surface area (Å²) in [5.41, 5.74) is 0.609. The summed E-state index contributed by atoms with van der Waals surface area (Å²) in [6.45, 7) is 2.01. The monoisotopic (exact) mass is 415 g/mol. The molecule has 9 heteroatoms. The maximum Gasteiger partial charge on any atom is 0.329 e. The summed E-state index contributed by atoms with van der Waals surface area (Å²) in [5, 5.41) is 3.58. The van der Waals surface area contributed by atoms with Crippen LogP contribution in [0.25, 0.3) is 11.0 Å². The van der Waals surface area contributed by atoms with E-state index >= 15 is 0 Å². The lowest BCUT2D eigenvalue weighted by Crippen LogP contribution is -2.36. The molecule has 0 radical (unpaired) electrons. The van der Waals surface area contributed by atoms with Crippen molar-refractivity contribution in [1.82, 2.24) is 24.8 Å². The van der Waals surface area contributed by atoms with Crippen LogP contribution in [0, 0.1) is 6.92 Å². The highest BCUT2D eigenvalue weighted by Crippen LogP contribution is 2.21. The van der Waals surface area contributed by atoms with Crippen LogP contribution in [0.2, 0.25) is 5.02 Å². The first-order valence-electron chi connectivity index (χ1n) is 8.99. The summed E-state index contributed by atoms with van der Waals surface area (Å²) in [4.78, 5) is 45.7. The number of halogens is 1. The van der Waals surface area contributed by atoms with Gasteiger partial charge in [0.15, 0.2) is 0 Å². The van der Waals surface area contributed by atoms with Gasteiger partial charge >= 0.3 is 5.69 Å². The molecule has 0 spiro atoms. The molecule has 1 unspecified atom stereocenters. The van der Waals surface area contributed by atoms with Crippen molar-refractivity contribution < 1.29 is 4.79 Å². The van der Waals surface area contributed by atoms with Gasteiger partial charge in [-0.15, -0.1) is 0 Å². The maximum atomic E-state index is 13.0. The molecule has 0 bridgehead atoms. The van der Waals surface area contributed by atoms with Gasteiger partial charge in [-0.1, -0.05) is 23.7 Å². The van der Waals surface area contributed by atoms with Crippen molar-refractivity contribution >= 4 is 28.5 Å². The summed E-state index contributed by atoms with van der Waals surface area (Å²) in [5.74, 6) is -0.418. The molecular weight excluding hydrogens is 394 g/mol. The number of aryl methyl sites for hydroxylation is 2. The number of nitrogens with one attached hydrogen (secondary N) is 2. The first-order chi connectivity index (χ1) is 13.7. The molecule has 29 heavy (non-hydrogen) atoms. The molecular formula is C20H22ClN5O3. The number of benzene rings is 1. The number of hydrogen-bond donors (Lipinski definition) is 2. The smallest absolute Gasteiger partial charge is 0.329 e. The molecule has 152 valence electrons. The Labute approximate surface area is 172 Å². The van der Waals surface area contributed by atoms with Crippen molar-refractivity contribution in [3.05, 3.63) is 73.0 Å². The number of nitrogens with zero attached hydrogens (tertiary/aromatic N) is 3. The van der Waals surface area contributed by atoms with Gasteiger partial charge in [-0.3, -0.25) is 19.1 Å². The molecule has 8 nitrogen and oxygen atoms in total. The number of amides is 1. The zero-order chi connectivity index (χ0) is 21.3. The molecule has 3 aromatic rings. The molecule has 0 saturated heterocycles. The lowest BCUT2D eigenvalue weighted by Gasteiger charge is -2.25. The standard InChI is InChI=1S/C20H22ClN5O3/c1-11-8-14(16-17(23-11)26(4)20(29)24-19(16)28)18(27)22-10-15(25(2)3)12-6-5-7-13(21)9-12/h5-9,15H,10H2,1-4H3,(H,22,27)(H,24,28,29). The van der Waals surface area contributed by atoms with Gasteiger partial charge in [0.2, 0.25) is 0 Å². The van der Waals surface area contributed by atoms with E-state index in [0.717, 1.165) is 5.56 Å². The zero-order valence-corrected chi connectivity index (χ0v) is 17.4. The quantitative estimate of drug-likeness (QED) is 0.659. The van der Waals surface area contributed by atoms with Gasteiger partial charge in [-0.2, -0.15) is 0 Å². The second-order valence-electron chi connectivity index (χ2n) is 7.07. The number of rotatable bonds is 5. The van der Waals surface area contributed by atoms with Gasteiger partial charge in [-0.05, 0) is 44.8 Å². The number of fused-ring (bicyclic) bond motifs is 1. The van der Waals surface area contributed by atoms with E-state index in [9.17, 15) is 14.4 Å². The zero-order valence-electron chi connectivity index (χ0n) is 16.6. The molecule has 2 aromatic heterocycles. The fraction of sp³-hybridized carbons (Fsp3) is 0.300. The molecule has 2 N–H and O–H groups in total. The fourth-order valence-electron chi connectivity index (χ4n) is 3.24. The van der Waals surface area contributed by atoms with E-state index in [-0.39, 0.29) is 22.6 Å². The number of carbonyl (C=O) groups is 1. The summed E-state index contributed by atoms with van der Waals surface area (Å²) in [7, 11) is 5.31. The number of aromatic nitrogens is 3. The molecule has 0 aliphatic heterocycles. The van der Waals surface area contributed by atoms with Crippen LogP contribution in [0.5, 0.6) is 0 Å². The van der Waals surface area contributed by atoms with Crippen LogP contribution in [0.15, 0.2) is 39.9 Å². The van der Waals surface area contributed by atoms with Crippen LogP contribution < -0.4 is 16.6 Å². The number of H-pyrrole nitrogens is 1. The van der Waals surface area contributed by atoms with Crippen molar-refractivity contribution in [3.8, 4) is 0 Å². The lowest BCUT2D eigenvalue weighted by atomic mass is 10.1. The third kappa shape index (κ3) is 4.23. The Balaban J connectivity index is 1.97. The van der Waals surface area contributed by atoms with Crippen LogP contribution in [-0.2, 0) is 7.05 Å². The van der Waals surface area contributed by atoms with Crippen molar-refractivity contribution in [3.63, 3.8) is 0 Å². The highest BCUT2D eigenvalue weighted by Gasteiger charge is 2.20. The molecule has 1 amide bonds. The van der Waals surface area contributed by atoms with Crippen LogP contribution in [0.4, 0.5) is 0 Å². The van der Waals surface area contributed by atoms with Gasteiger partial charge in [0.25, 0.3) is 11.5 Å². The topological polar surface area (TPSA) is 100 Å². The van der Waals surface area contributed by atoms with E-state index in [1.165, 1.54) is 11.6 Å². The molecule has 0 fully saturated rings.